The third kappa shape index (κ3) is 2.69. The molecular weight excluding hydrogens is 224 g/mol. The fourth-order valence-corrected chi connectivity index (χ4v) is 2.17. The molecule has 0 spiro atoms. The minimum Gasteiger partial charge on any atom is -0.339 e. The van der Waals surface area contributed by atoms with Gasteiger partial charge in [-0.15, -0.1) is 11.6 Å². The summed E-state index contributed by atoms with van der Waals surface area (Å²) < 4.78 is 0. The Balaban J connectivity index is 2.72. The van der Waals surface area contributed by atoms with E-state index < -0.39 is 5.41 Å². The number of alkyl halides is 1. The highest BCUT2D eigenvalue weighted by atomic mass is 35.5. The van der Waals surface area contributed by atoms with Crippen molar-refractivity contribution in [3.8, 4) is 0 Å². The van der Waals surface area contributed by atoms with E-state index in [1.807, 2.05) is 18.7 Å². The maximum Gasteiger partial charge on any atom is 0.229 e. The second-order valence-corrected chi connectivity index (χ2v) is 5.86. The summed E-state index contributed by atoms with van der Waals surface area (Å²) in [6, 6.07) is 0.831. The molecule has 1 heterocycles. The summed E-state index contributed by atoms with van der Waals surface area (Å²) in [5.41, 5.74) is -0.448. The van der Waals surface area contributed by atoms with Crippen molar-refractivity contribution in [2.24, 2.45) is 5.41 Å². The highest BCUT2D eigenvalue weighted by molar-refractivity contribution is 6.19. The number of amides is 1. The Morgan fingerprint density at radius 3 is 2.12 bits per heavy atom. The summed E-state index contributed by atoms with van der Waals surface area (Å²) >= 11 is 5.85. The number of piperazine rings is 1. The second-order valence-electron chi connectivity index (χ2n) is 5.59. The van der Waals surface area contributed by atoms with Gasteiger partial charge in [0.1, 0.15) is 0 Å². The van der Waals surface area contributed by atoms with E-state index in [1.54, 1.807) is 0 Å². The molecule has 4 heteroatoms. The Morgan fingerprint density at radius 1 is 1.31 bits per heavy atom. The van der Waals surface area contributed by atoms with Crippen LogP contribution in [-0.2, 0) is 4.79 Å². The molecule has 0 radical (unpaired) electrons. The topological polar surface area (TPSA) is 23.6 Å². The normalized spacial score (nSPS) is 28.2. The quantitative estimate of drug-likeness (QED) is 0.694. The molecular formula is C12H23ClN2O. The summed E-state index contributed by atoms with van der Waals surface area (Å²) in [6.45, 7) is 9.75. The second kappa shape index (κ2) is 4.92. The molecule has 0 aromatic carbocycles. The van der Waals surface area contributed by atoms with E-state index in [2.05, 4.69) is 25.8 Å². The van der Waals surface area contributed by atoms with E-state index in [4.69, 9.17) is 11.6 Å². The molecule has 2 atom stereocenters. The number of carbonyl (C=O) groups excluding carboxylic acids is 1. The minimum absolute atomic E-state index is 0.175. The monoisotopic (exact) mass is 246 g/mol. The number of likely N-dealkylation sites (N-methyl/N-ethyl adjacent to an activating group) is 1. The molecule has 1 amide bonds. The van der Waals surface area contributed by atoms with Gasteiger partial charge in [-0.1, -0.05) is 0 Å². The maximum atomic E-state index is 12.3. The third-order valence-corrected chi connectivity index (χ3v) is 4.23. The molecule has 1 aliphatic rings. The number of halogens is 1. The number of hydrogen-bond acceptors (Lipinski definition) is 2. The SMILES string of the molecule is CC1CN(C(=O)C(C)(C)CCl)CC(C)N1C. The van der Waals surface area contributed by atoms with Gasteiger partial charge in [0.15, 0.2) is 0 Å². The van der Waals surface area contributed by atoms with Gasteiger partial charge in [0.25, 0.3) is 0 Å². The summed E-state index contributed by atoms with van der Waals surface area (Å²) in [6.07, 6.45) is 0. The predicted molar refractivity (Wildman–Crippen MR) is 67.8 cm³/mol. The maximum absolute atomic E-state index is 12.3. The molecule has 1 saturated heterocycles. The zero-order chi connectivity index (χ0) is 12.5. The van der Waals surface area contributed by atoms with Crippen LogP contribution in [0.2, 0.25) is 0 Å². The van der Waals surface area contributed by atoms with Crippen LogP contribution in [0, 0.1) is 5.41 Å². The lowest BCUT2D eigenvalue weighted by molar-refractivity contribution is -0.143. The fourth-order valence-electron chi connectivity index (χ4n) is 2.06. The molecule has 0 bridgehead atoms. The van der Waals surface area contributed by atoms with Gasteiger partial charge >= 0.3 is 0 Å². The van der Waals surface area contributed by atoms with Crippen LogP contribution in [0.1, 0.15) is 27.7 Å². The molecule has 94 valence electrons. The van der Waals surface area contributed by atoms with Gasteiger partial charge in [0.2, 0.25) is 5.91 Å². The molecule has 16 heavy (non-hydrogen) atoms. The lowest BCUT2D eigenvalue weighted by Crippen LogP contribution is -2.58. The fraction of sp³-hybridized carbons (Fsp3) is 0.917. The molecule has 0 saturated carbocycles. The van der Waals surface area contributed by atoms with Crippen LogP contribution in [0.5, 0.6) is 0 Å². The molecule has 0 aliphatic carbocycles. The average molecular weight is 247 g/mol. The van der Waals surface area contributed by atoms with Crippen molar-refractivity contribution in [3.63, 3.8) is 0 Å². The predicted octanol–water partition coefficient (Wildman–Crippen LogP) is 1.80. The van der Waals surface area contributed by atoms with E-state index in [0.717, 1.165) is 13.1 Å². The van der Waals surface area contributed by atoms with Crippen molar-refractivity contribution in [2.45, 2.75) is 39.8 Å². The van der Waals surface area contributed by atoms with Crippen molar-refractivity contribution in [3.05, 3.63) is 0 Å². The van der Waals surface area contributed by atoms with Crippen molar-refractivity contribution < 1.29 is 4.79 Å². The summed E-state index contributed by atoms with van der Waals surface area (Å²) in [7, 11) is 2.11. The standard InChI is InChI=1S/C12H23ClN2O/c1-9-6-15(7-10(2)14(9)5)11(16)12(3,4)8-13/h9-10H,6-8H2,1-5H3. The van der Waals surface area contributed by atoms with E-state index in [1.165, 1.54) is 0 Å². The first kappa shape index (κ1) is 13.8. The number of hydrogen-bond donors (Lipinski definition) is 0. The summed E-state index contributed by atoms with van der Waals surface area (Å²) in [5, 5.41) is 0. The molecule has 0 aromatic rings. The Bertz CT molecular complexity index is 256. The first-order chi connectivity index (χ1) is 7.29. The van der Waals surface area contributed by atoms with E-state index in [9.17, 15) is 4.79 Å². The van der Waals surface area contributed by atoms with E-state index >= 15 is 0 Å². The van der Waals surface area contributed by atoms with Crippen LogP contribution in [0.3, 0.4) is 0 Å². The van der Waals surface area contributed by atoms with Crippen LogP contribution in [0.15, 0.2) is 0 Å². The molecule has 1 rings (SSSR count). The molecule has 3 nitrogen and oxygen atoms in total. The highest BCUT2D eigenvalue weighted by Gasteiger charge is 2.36. The molecule has 0 aromatic heterocycles. The van der Waals surface area contributed by atoms with Crippen molar-refractivity contribution in [1.82, 2.24) is 9.80 Å². The molecule has 0 N–H and O–H groups in total. The number of nitrogens with zero attached hydrogens (tertiary/aromatic N) is 2. The van der Waals surface area contributed by atoms with Crippen LogP contribution in [0.4, 0.5) is 0 Å². The van der Waals surface area contributed by atoms with Gasteiger partial charge in [-0.05, 0) is 34.7 Å². The van der Waals surface area contributed by atoms with Crippen molar-refractivity contribution >= 4 is 17.5 Å². The molecule has 1 aliphatic heterocycles. The summed E-state index contributed by atoms with van der Waals surface area (Å²) in [4.78, 5) is 16.5. The number of rotatable bonds is 2. The van der Waals surface area contributed by atoms with Crippen LogP contribution >= 0.6 is 11.6 Å². The molecule has 1 fully saturated rings. The Morgan fingerprint density at radius 2 is 1.75 bits per heavy atom. The van der Waals surface area contributed by atoms with E-state index in [0.29, 0.717) is 18.0 Å². The number of carbonyl (C=O) groups is 1. The Labute approximate surface area is 104 Å². The first-order valence-electron chi connectivity index (χ1n) is 5.87. The van der Waals surface area contributed by atoms with Crippen molar-refractivity contribution in [1.29, 1.82) is 0 Å². The Hall–Kier alpha value is -0.280. The minimum atomic E-state index is -0.448. The first-order valence-corrected chi connectivity index (χ1v) is 6.40. The van der Waals surface area contributed by atoms with Gasteiger partial charge in [0, 0.05) is 31.1 Å². The van der Waals surface area contributed by atoms with Gasteiger partial charge < -0.3 is 4.90 Å². The lowest BCUT2D eigenvalue weighted by atomic mass is 9.93. The zero-order valence-corrected chi connectivity index (χ0v) is 11.7. The van der Waals surface area contributed by atoms with Gasteiger partial charge in [-0.25, -0.2) is 0 Å². The van der Waals surface area contributed by atoms with Crippen LogP contribution < -0.4 is 0 Å². The average Bonchev–Trinajstić information content (AvgIpc) is 2.24. The highest BCUT2D eigenvalue weighted by Crippen LogP contribution is 2.23. The summed E-state index contributed by atoms with van der Waals surface area (Å²) in [5.74, 6) is 0.551. The van der Waals surface area contributed by atoms with Gasteiger partial charge in [0.05, 0.1) is 5.41 Å². The Kier molecular flexibility index (Phi) is 4.24. The lowest BCUT2D eigenvalue weighted by Gasteiger charge is -2.44. The smallest absolute Gasteiger partial charge is 0.229 e. The van der Waals surface area contributed by atoms with Gasteiger partial charge in [-0.3, -0.25) is 9.69 Å². The molecule has 2 unspecified atom stereocenters. The third-order valence-electron chi connectivity index (χ3n) is 3.56. The van der Waals surface area contributed by atoms with Crippen molar-refractivity contribution in [2.75, 3.05) is 26.0 Å². The zero-order valence-electron chi connectivity index (χ0n) is 11.0. The van der Waals surface area contributed by atoms with Crippen LogP contribution in [0.25, 0.3) is 0 Å². The largest absolute Gasteiger partial charge is 0.339 e. The van der Waals surface area contributed by atoms with E-state index in [-0.39, 0.29) is 5.91 Å². The van der Waals surface area contributed by atoms with Crippen LogP contribution in [-0.4, -0.2) is 53.8 Å². The van der Waals surface area contributed by atoms with Gasteiger partial charge in [-0.2, -0.15) is 0 Å².